The Balaban J connectivity index is 1.42. The zero-order valence-electron chi connectivity index (χ0n) is 18.0. The summed E-state index contributed by atoms with van der Waals surface area (Å²) in [6.45, 7) is 1.30. The average Bonchev–Trinajstić information content (AvgIpc) is 3.49. The van der Waals surface area contributed by atoms with Gasteiger partial charge in [0.15, 0.2) is 5.69 Å². The molecule has 2 aliphatic rings. The molecule has 9 nitrogen and oxygen atoms in total. The number of carbonyl (C=O) groups excluding carboxylic acids is 2. The van der Waals surface area contributed by atoms with Crippen molar-refractivity contribution in [3.63, 3.8) is 0 Å². The molecule has 31 heavy (non-hydrogen) atoms. The van der Waals surface area contributed by atoms with Crippen LogP contribution in [0.25, 0.3) is 0 Å². The van der Waals surface area contributed by atoms with Gasteiger partial charge in [-0.1, -0.05) is 5.21 Å². The third-order valence-corrected chi connectivity index (χ3v) is 5.90. The first-order valence-corrected chi connectivity index (χ1v) is 10.8. The van der Waals surface area contributed by atoms with Crippen LogP contribution in [0.5, 0.6) is 11.5 Å². The molecule has 1 atom stereocenters. The standard InChI is InChI=1S/C22H29N5O4/c1-30-17-8-9-20(31-2)18(13-17)22(29)27-11-4-3-5-16(27)10-12-26-14-19(24-25-26)21(28)23-15-6-7-15/h8-9,13-16H,3-7,10-12H2,1-2H3,(H,23,28). The zero-order valence-corrected chi connectivity index (χ0v) is 18.0. The maximum Gasteiger partial charge on any atom is 0.273 e. The smallest absolute Gasteiger partial charge is 0.273 e. The largest absolute Gasteiger partial charge is 0.497 e. The van der Waals surface area contributed by atoms with E-state index >= 15 is 0 Å². The third-order valence-electron chi connectivity index (χ3n) is 5.90. The van der Waals surface area contributed by atoms with Crippen LogP contribution in [0.1, 0.15) is 59.4 Å². The number of amides is 2. The molecule has 1 N–H and O–H groups in total. The number of benzene rings is 1. The van der Waals surface area contributed by atoms with E-state index in [0.29, 0.717) is 35.8 Å². The normalized spacial score (nSPS) is 18.5. The number of aryl methyl sites for hydroxylation is 1. The summed E-state index contributed by atoms with van der Waals surface area (Å²) < 4.78 is 12.4. The lowest BCUT2D eigenvalue weighted by molar-refractivity contribution is 0.0590. The Morgan fingerprint density at radius 1 is 1.16 bits per heavy atom. The first-order valence-electron chi connectivity index (χ1n) is 10.8. The van der Waals surface area contributed by atoms with Gasteiger partial charge >= 0.3 is 0 Å². The highest BCUT2D eigenvalue weighted by Gasteiger charge is 2.30. The fourth-order valence-corrected chi connectivity index (χ4v) is 3.98. The van der Waals surface area contributed by atoms with E-state index in [1.54, 1.807) is 43.3 Å². The van der Waals surface area contributed by atoms with E-state index in [2.05, 4.69) is 15.6 Å². The van der Waals surface area contributed by atoms with Gasteiger partial charge in [-0.15, -0.1) is 5.10 Å². The summed E-state index contributed by atoms with van der Waals surface area (Å²) in [5, 5.41) is 11.0. The highest BCUT2D eigenvalue weighted by atomic mass is 16.5. The Labute approximate surface area is 181 Å². The predicted octanol–water partition coefficient (Wildman–Crippen LogP) is 2.27. The fraction of sp³-hybridized carbons (Fsp3) is 0.545. The average molecular weight is 428 g/mol. The van der Waals surface area contributed by atoms with Crippen molar-refractivity contribution in [2.24, 2.45) is 0 Å². The minimum absolute atomic E-state index is 0.0523. The zero-order chi connectivity index (χ0) is 21.8. The number of carbonyl (C=O) groups is 2. The summed E-state index contributed by atoms with van der Waals surface area (Å²) in [4.78, 5) is 27.4. The second kappa shape index (κ2) is 9.36. The summed E-state index contributed by atoms with van der Waals surface area (Å²) in [6.07, 6.45) is 7.47. The molecule has 2 aromatic rings. The van der Waals surface area contributed by atoms with Gasteiger partial charge in [0.25, 0.3) is 11.8 Å². The molecule has 9 heteroatoms. The number of ether oxygens (including phenoxy) is 2. The lowest BCUT2D eigenvalue weighted by Crippen LogP contribution is -2.44. The number of hydrogen-bond donors (Lipinski definition) is 1. The Kier molecular flexibility index (Phi) is 6.39. The maximum absolute atomic E-state index is 13.4. The van der Waals surface area contributed by atoms with Crippen LogP contribution >= 0.6 is 0 Å². The summed E-state index contributed by atoms with van der Waals surface area (Å²) in [5.41, 5.74) is 0.845. The van der Waals surface area contributed by atoms with Crippen molar-refractivity contribution >= 4 is 11.8 Å². The monoisotopic (exact) mass is 427 g/mol. The molecule has 0 radical (unpaired) electrons. The Bertz CT molecular complexity index is 940. The van der Waals surface area contributed by atoms with Crippen LogP contribution < -0.4 is 14.8 Å². The van der Waals surface area contributed by atoms with Crippen LogP contribution in [0.3, 0.4) is 0 Å². The molecular formula is C22H29N5O4. The lowest BCUT2D eigenvalue weighted by atomic mass is 9.98. The van der Waals surface area contributed by atoms with E-state index in [1.165, 1.54) is 0 Å². The van der Waals surface area contributed by atoms with Gasteiger partial charge in [0.1, 0.15) is 11.5 Å². The lowest BCUT2D eigenvalue weighted by Gasteiger charge is -2.36. The van der Waals surface area contributed by atoms with Crippen LogP contribution in [0.15, 0.2) is 24.4 Å². The molecule has 4 rings (SSSR count). The maximum atomic E-state index is 13.4. The van der Waals surface area contributed by atoms with Crippen LogP contribution in [0.4, 0.5) is 0 Å². The molecule has 0 spiro atoms. The highest BCUT2D eigenvalue weighted by Crippen LogP contribution is 2.29. The first-order chi connectivity index (χ1) is 15.1. The Morgan fingerprint density at radius 2 is 2.00 bits per heavy atom. The number of rotatable bonds is 8. The molecule has 1 aliphatic carbocycles. The first kappa shape index (κ1) is 21.1. The third kappa shape index (κ3) is 4.98. The van der Waals surface area contributed by atoms with Gasteiger partial charge in [0.2, 0.25) is 0 Å². The van der Waals surface area contributed by atoms with E-state index in [9.17, 15) is 9.59 Å². The van der Waals surface area contributed by atoms with E-state index < -0.39 is 0 Å². The molecular weight excluding hydrogens is 398 g/mol. The van der Waals surface area contributed by atoms with Crippen LogP contribution in [-0.2, 0) is 6.54 Å². The molecule has 1 saturated heterocycles. The van der Waals surface area contributed by atoms with Crippen LogP contribution in [0.2, 0.25) is 0 Å². The molecule has 2 amide bonds. The minimum Gasteiger partial charge on any atom is -0.497 e. The minimum atomic E-state index is -0.173. The summed E-state index contributed by atoms with van der Waals surface area (Å²) in [5.74, 6) is 0.937. The molecule has 1 aromatic carbocycles. The van der Waals surface area contributed by atoms with Gasteiger partial charge in [-0.3, -0.25) is 14.3 Å². The van der Waals surface area contributed by atoms with Gasteiger partial charge in [0, 0.05) is 25.2 Å². The number of nitrogens with one attached hydrogen (secondary N) is 1. The van der Waals surface area contributed by atoms with E-state index in [1.807, 2.05) is 4.90 Å². The van der Waals surface area contributed by atoms with Crippen molar-refractivity contribution in [1.29, 1.82) is 0 Å². The van der Waals surface area contributed by atoms with E-state index in [4.69, 9.17) is 9.47 Å². The fourth-order valence-electron chi connectivity index (χ4n) is 3.98. The number of likely N-dealkylation sites (tertiary alicyclic amines) is 1. The van der Waals surface area contributed by atoms with Gasteiger partial charge < -0.3 is 19.7 Å². The van der Waals surface area contributed by atoms with Gasteiger partial charge in [-0.25, -0.2) is 0 Å². The molecule has 1 aliphatic heterocycles. The predicted molar refractivity (Wildman–Crippen MR) is 113 cm³/mol. The van der Waals surface area contributed by atoms with Crippen molar-refractivity contribution in [3.8, 4) is 11.5 Å². The number of aromatic nitrogens is 3. The van der Waals surface area contributed by atoms with Crippen molar-refractivity contribution in [2.45, 2.75) is 57.2 Å². The van der Waals surface area contributed by atoms with Crippen molar-refractivity contribution in [2.75, 3.05) is 20.8 Å². The molecule has 166 valence electrons. The second-order valence-electron chi connectivity index (χ2n) is 8.12. The van der Waals surface area contributed by atoms with E-state index in [-0.39, 0.29) is 23.9 Å². The molecule has 0 bridgehead atoms. The highest BCUT2D eigenvalue weighted by molar-refractivity contribution is 5.97. The van der Waals surface area contributed by atoms with E-state index in [0.717, 1.165) is 38.5 Å². The number of hydrogen-bond acceptors (Lipinski definition) is 6. The number of methoxy groups -OCH3 is 2. The topological polar surface area (TPSA) is 98.6 Å². The Hall–Kier alpha value is -3.10. The SMILES string of the molecule is COc1ccc(OC)c(C(=O)N2CCCCC2CCn2cc(C(=O)NC3CC3)nn2)c1. The quantitative estimate of drug-likeness (QED) is 0.694. The molecule has 2 heterocycles. The summed E-state index contributed by atoms with van der Waals surface area (Å²) in [6, 6.07) is 5.65. The molecule has 1 saturated carbocycles. The van der Waals surface area contributed by atoms with Crippen molar-refractivity contribution < 1.29 is 19.1 Å². The number of nitrogens with zero attached hydrogens (tertiary/aromatic N) is 4. The Morgan fingerprint density at radius 3 is 2.74 bits per heavy atom. The van der Waals surface area contributed by atoms with Gasteiger partial charge in [-0.05, 0) is 56.7 Å². The summed E-state index contributed by atoms with van der Waals surface area (Å²) in [7, 11) is 3.14. The van der Waals surface area contributed by atoms with Gasteiger partial charge in [-0.2, -0.15) is 0 Å². The van der Waals surface area contributed by atoms with Crippen molar-refractivity contribution in [1.82, 2.24) is 25.2 Å². The van der Waals surface area contributed by atoms with Crippen LogP contribution in [0, 0.1) is 0 Å². The second-order valence-corrected chi connectivity index (χ2v) is 8.12. The number of piperidine rings is 1. The van der Waals surface area contributed by atoms with Crippen LogP contribution in [-0.4, -0.2) is 64.6 Å². The summed E-state index contributed by atoms with van der Waals surface area (Å²) >= 11 is 0. The molecule has 2 fully saturated rings. The van der Waals surface area contributed by atoms with Gasteiger partial charge in [0.05, 0.1) is 26.0 Å². The molecule has 1 aromatic heterocycles. The molecule has 1 unspecified atom stereocenters. The van der Waals surface area contributed by atoms with Crippen molar-refractivity contribution in [3.05, 3.63) is 35.7 Å².